The first-order valence-electron chi connectivity index (χ1n) is 1.05. The Morgan fingerprint density at radius 3 is 2.25 bits per heavy atom. The van der Waals surface area contributed by atoms with Gasteiger partial charge in [0.1, 0.15) is 0 Å². The van der Waals surface area contributed by atoms with Crippen molar-refractivity contribution in [1.82, 2.24) is 0 Å². The minimum absolute atomic E-state index is 1.38. The van der Waals surface area contributed by atoms with Crippen LogP contribution in [0.1, 0.15) is 0 Å². The zero-order chi connectivity index (χ0) is 3.41. The van der Waals surface area contributed by atoms with Crippen LogP contribution >= 0.6 is 0 Å². The molecule has 0 saturated carbocycles. The average Bonchev–Trinajstić information content (AvgIpc) is 1.37. The quantitative estimate of drug-likeness (QED) is 0.334. The topological polar surface area (TPSA) is 9.23 Å². The summed E-state index contributed by atoms with van der Waals surface area (Å²) in [6.45, 7) is 3.26. The summed E-state index contributed by atoms with van der Waals surface area (Å²) in [7, 11) is 2.94. The third-order valence-electron chi connectivity index (χ3n) is 0.167. The Bertz CT molecular complexity index is 20.0. The van der Waals surface area contributed by atoms with Crippen LogP contribution in [0.3, 0.4) is 0 Å². The van der Waals surface area contributed by atoms with Gasteiger partial charge in [-0.3, -0.25) is 0 Å². The van der Waals surface area contributed by atoms with E-state index in [1.807, 2.05) is 0 Å². The van der Waals surface area contributed by atoms with Gasteiger partial charge < -0.3 is 0 Å². The second-order valence-corrected chi connectivity index (χ2v) is 0.402. The fourth-order valence-corrected chi connectivity index (χ4v) is 0. The van der Waals surface area contributed by atoms with Gasteiger partial charge >= 0.3 is 26.2 Å². The van der Waals surface area contributed by atoms with Crippen LogP contribution < -0.4 is 0 Å². The van der Waals surface area contributed by atoms with Crippen LogP contribution in [0.5, 0.6) is 0 Å². The molecule has 0 aliphatic heterocycles. The molecule has 20 valence electrons. The second kappa shape index (κ2) is 2.80. The Morgan fingerprint density at radius 2 is 2.25 bits per heavy atom. The first-order chi connectivity index (χ1) is 1.91. The zero-order valence-electron chi connectivity index (χ0n) is 2.69. The van der Waals surface area contributed by atoms with E-state index in [1.54, 1.807) is 8.05 Å². The summed E-state index contributed by atoms with van der Waals surface area (Å²) in [5.74, 6) is 0. The van der Waals surface area contributed by atoms with Crippen LogP contribution in [0.15, 0.2) is 0 Å². The van der Waals surface area contributed by atoms with Gasteiger partial charge in [-0.15, -0.1) is 0 Å². The molecule has 0 rings (SSSR count). The van der Waals surface area contributed by atoms with Crippen LogP contribution in [0.4, 0.5) is 0 Å². The van der Waals surface area contributed by atoms with Crippen LogP contribution in [0.25, 0.3) is 0 Å². The molecule has 0 atom stereocenters. The summed E-state index contributed by atoms with van der Waals surface area (Å²) in [6, 6.07) is 0. The van der Waals surface area contributed by atoms with Crippen molar-refractivity contribution in [2.24, 2.45) is 0 Å². The van der Waals surface area contributed by atoms with E-state index in [0.717, 1.165) is 0 Å². The van der Waals surface area contributed by atoms with E-state index in [9.17, 15) is 0 Å². The SMILES string of the molecule is BOB=C. The molecular weight excluding hydrogens is 49.6 g/mol. The molecule has 0 aromatic carbocycles. The van der Waals surface area contributed by atoms with E-state index in [-0.39, 0.29) is 0 Å². The molecule has 0 unspecified atom stereocenters. The predicted molar refractivity (Wildman–Crippen MR) is 22.5 cm³/mol. The fraction of sp³-hybridized carbons (Fsp3) is 0. The van der Waals surface area contributed by atoms with Crippen molar-refractivity contribution in [3.05, 3.63) is 0 Å². The molecule has 3 heteroatoms. The summed E-state index contributed by atoms with van der Waals surface area (Å²) in [6.07, 6.45) is 0. The summed E-state index contributed by atoms with van der Waals surface area (Å²) in [5, 5.41) is 0. The van der Waals surface area contributed by atoms with Crippen molar-refractivity contribution in [1.29, 1.82) is 0 Å². The molecule has 0 aromatic heterocycles. The van der Waals surface area contributed by atoms with Crippen molar-refractivity contribution >= 4 is 21.6 Å². The molecule has 0 N–H and O–H groups in total. The van der Waals surface area contributed by atoms with Crippen LogP contribution in [-0.4, -0.2) is 21.6 Å². The van der Waals surface area contributed by atoms with Crippen molar-refractivity contribution in [3.63, 3.8) is 0 Å². The van der Waals surface area contributed by atoms with E-state index in [0.29, 0.717) is 0 Å². The van der Waals surface area contributed by atoms with Gasteiger partial charge in [-0.05, 0) is 0 Å². The number of hydrogen-bond donors (Lipinski definition) is 0. The molecule has 4 heavy (non-hydrogen) atoms. The van der Waals surface area contributed by atoms with Gasteiger partial charge in [-0.25, -0.2) is 0 Å². The molecule has 1 nitrogen and oxygen atoms in total. The van der Waals surface area contributed by atoms with Crippen molar-refractivity contribution in [3.8, 4) is 0 Å². The predicted octanol–water partition coefficient (Wildman–Crippen LogP) is -1.40. The van der Waals surface area contributed by atoms with Gasteiger partial charge in [-0.2, -0.15) is 0 Å². The summed E-state index contributed by atoms with van der Waals surface area (Å²) < 4.78 is 4.31. The standard InChI is InChI=1S/CH4B2O/c1-3-4-2/h1-2H2. The van der Waals surface area contributed by atoms with E-state index >= 15 is 0 Å². The summed E-state index contributed by atoms with van der Waals surface area (Å²) >= 11 is 0. The third-order valence-corrected chi connectivity index (χ3v) is 0.167. The van der Waals surface area contributed by atoms with Gasteiger partial charge in [0.05, 0.1) is 0 Å². The molecule has 0 heterocycles. The summed E-state index contributed by atoms with van der Waals surface area (Å²) in [4.78, 5) is 0. The molecule has 0 bridgehead atoms. The van der Waals surface area contributed by atoms with Gasteiger partial charge in [0.25, 0.3) is 0 Å². The Hall–Kier alpha value is -0.200. The zero-order valence-corrected chi connectivity index (χ0v) is 2.69. The first-order valence-corrected chi connectivity index (χ1v) is 1.05. The molecule has 0 spiro atoms. The number of rotatable bonds is 1. The van der Waals surface area contributed by atoms with Crippen molar-refractivity contribution < 1.29 is 4.57 Å². The Balaban J connectivity index is 2.30. The molecule has 0 aliphatic carbocycles. The van der Waals surface area contributed by atoms with E-state index in [1.165, 1.54) is 7.12 Å². The monoisotopic (exact) mass is 54.0 g/mol. The molecule has 0 aliphatic rings. The van der Waals surface area contributed by atoms with Crippen LogP contribution in [-0.2, 0) is 4.57 Å². The van der Waals surface area contributed by atoms with Gasteiger partial charge in [0.2, 0.25) is 0 Å². The molecule has 0 saturated heterocycles. The fourth-order valence-electron chi connectivity index (χ4n) is 0. The Kier molecular flexibility index (Phi) is 2.66. The maximum absolute atomic E-state index is 4.31. The first kappa shape index (κ1) is 3.80. The Labute approximate surface area is 27.3 Å². The second-order valence-electron chi connectivity index (χ2n) is 0.402. The Morgan fingerprint density at radius 1 is 2.00 bits per heavy atom. The van der Waals surface area contributed by atoms with Crippen molar-refractivity contribution in [2.75, 3.05) is 0 Å². The number of hydrogen-bond acceptors (Lipinski definition) is 1. The third kappa shape index (κ3) is 1.80. The van der Waals surface area contributed by atoms with Gasteiger partial charge in [0.15, 0.2) is 0 Å². The van der Waals surface area contributed by atoms with Gasteiger partial charge in [-0.1, -0.05) is 0 Å². The van der Waals surface area contributed by atoms with Crippen LogP contribution in [0, 0.1) is 0 Å². The maximum atomic E-state index is 4.31. The van der Waals surface area contributed by atoms with Crippen molar-refractivity contribution in [2.45, 2.75) is 0 Å². The van der Waals surface area contributed by atoms with E-state index < -0.39 is 0 Å². The average molecular weight is 53.7 g/mol. The molecule has 0 aromatic rings. The molecular formula is CH4B2O. The molecule has 0 fully saturated rings. The molecule has 0 radical (unpaired) electrons. The molecule has 0 amide bonds. The summed E-state index contributed by atoms with van der Waals surface area (Å²) in [5.41, 5.74) is 0. The normalized spacial score (nSPS) is 4.00. The minimum atomic E-state index is 1.38. The van der Waals surface area contributed by atoms with Gasteiger partial charge in [0, 0.05) is 0 Å². The van der Waals surface area contributed by atoms with E-state index in [4.69, 9.17) is 0 Å². The van der Waals surface area contributed by atoms with Crippen LogP contribution in [0.2, 0.25) is 0 Å². The van der Waals surface area contributed by atoms with E-state index in [2.05, 4.69) is 11.0 Å².